The molecule has 0 radical (unpaired) electrons. The Morgan fingerprint density at radius 2 is 1.75 bits per heavy atom. The molecule has 0 saturated carbocycles. The van der Waals surface area contributed by atoms with E-state index >= 15 is 0 Å². The molecule has 2 aromatic carbocycles. The standard InChI is InChI=1S/C18H18Cl2N2O2/c1-3-11(2)21-18(24)14-6-4-5-7-16(14)22-17(23)13-9-8-12(19)10-15(13)20/h4-11H,3H2,1-2H3,(H,21,24)(H,22,23). The van der Waals surface area contributed by atoms with Crippen LogP contribution in [0.3, 0.4) is 0 Å². The van der Waals surface area contributed by atoms with Crippen LogP contribution in [-0.4, -0.2) is 17.9 Å². The van der Waals surface area contributed by atoms with E-state index in [0.717, 1.165) is 6.42 Å². The maximum atomic E-state index is 12.4. The molecular formula is C18H18Cl2N2O2. The molecule has 126 valence electrons. The van der Waals surface area contributed by atoms with E-state index in [9.17, 15) is 9.59 Å². The van der Waals surface area contributed by atoms with Crippen LogP contribution in [0, 0.1) is 0 Å². The summed E-state index contributed by atoms with van der Waals surface area (Å²) in [5.74, 6) is -0.636. The van der Waals surface area contributed by atoms with Gasteiger partial charge in [0.1, 0.15) is 0 Å². The Hall–Kier alpha value is -2.04. The molecule has 1 atom stereocenters. The number of halogens is 2. The van der Waals surface area contributed by atoms with Crippen LogP contribution in [0.25, 0.3) is 0 Å². The average molecular weight is 365 g/mol. The maximum absolute atomic E-state index is 12.4. The van der Waals surface area contributed by atoms with Crippen molar-refractivity contribution in [1.29, 1.82) is 0 Å². The van der Waals surface area contributed by atoms with Crippen molar-refractivity contribution in [1.82, 2.24) is 5.32 Å². The third-order valence-electron chi connectivity index (χ3n) is 3.59. The minimum atomic E-state index is -0.402. The topological polar surface area (TPSA) is 58.2 Å². The van der Waals surface area contributed by atoms with Gasteiger partial charge in [-0.1, -0.05) is 42.3 Å². The smallest absolute Gasteiger partial charge is 0.257 e. The Bertz CT molecular complexity index is 762. The summed E-state index contributed by atoms with van der Waals surface area (Å²) in [5.41, 5.74) is 1.11. The zero-order valence-corrected chi connectivity index (χ0v) is 14.9. The van der Waals surface area contributed by atoms with Crippen LogP contribution in [-0.2, 0) is 0 Å². The average Bonchev–Trinajstić information content (AvgIpc) is 2.54. The van der Waals surface area contributed by atoms with Gasteiger partial charge >= 0.3 is 0 Å². The van der Waals surface area contributed by atoms with Gasteiger partial charge in [-0.15, -0.1) is 0 Å². The molecule has 0 saturated heterocycles. The number of para-hydroxylation sites is 1. The lowest BCUT2D eigenvalue weighted by atomic mass is 10.1. The van der Waals surface area contributed by atoms with Crippen LogP contribution >= 0.6 is 23.2 Å². The number of anilines is 1. The molecule has 0 spiro atoms. The Labute approximate surface area is 151 Å². The van der Waals surface area contributed by atoms with Crippen molar-refractivity contribution in [2.75, 3.05) is 5.32 Å². The lowest BCUT2D eigenvalue weighted by Gasteiger charge is -2.15. The Morgan fingerprint density at radius 1 is 1.04 bits per heavy atom. The van der Waals surface area contributed by atoms with Gasteiger partial charge in [0, 0.05) is 11.1 Å². The number of carbonyl (C=O) groups excluding carboxylic acids is 2. The van der Waals surface area contributed by atoms with Crippen molar-refractivity contribution in [2.24, 2.45) is 0 Å². The van der Waals surface area contributed by atoms with Gasteiger partial charge < -0.3 is 10.6 Å². The van der Waals surface area contributed by atoms with Gasteiger partial charge in [0.25, 0.3) is 11.8 Å². The first-order valence-electron chi connectivity index (χ1n) is 7.58. The molecule has 0 aliphatic carbocycles. The third-order valence-corrected chi connectivity index (χ3v) is 4.13. The molecule has 4 nitrogen and oxygen atoms in total. The second-order valence-corrected chi connectivity index (χ2v) is 6.25. The molecule has 2 rings (SSSR count). The lowest BCUT2D eigenvalue weighted by molar-refractivity contribution is 0.0940. The number of nitrogens with one attached hydrogen (secondary N) is 2. The molecule has 0 aromatic heterocycles. The van der Waals surface area contributed by atoms with Crippen molar-refractivity contribution in [2.45, 2.75) is 26.3 Å². The minimum absolute atomic E-state index is 0.0481. The molecule has 0 bridgehead atoms. The second kappa shape index (κ2) is 8.18. The van der Waals surface area contributed by atoms with Gasteiger partial charge in [-0.2, -0.15) is 0 Å². The number of benzene rings is 2. The highest BCUT2D eigenvalue weighted by Gasteiger charge is 2.16. The number of hydrogen-bond donors (Lipinski definition) is 2. The van der Waals surface area contributed by atoms with Crippen molar-refractivity contribution >= 4 is 40.7 Å². The van der Waals surface area contributed by atoms with E-state index in [0.29, 0.717) is 21.8 Å². The van der Waals surface area contributed by atoms with Crippen molar-refractivity contribution in [3.8, 4) is 0 Å². The van der Waals surface area contributed by atoms with E-state index in [4.69, 9.17) is 23.2 Å². The third kappa shape index (κ3) is 4.49. The van der Waals surface area contributed by atoms with Crippen molar-refractivity contribution in [3.63, 3.8) is 0 Å². The molecule has 0 fully saturated rings. The van der Waals surface area contributed by atoms with Crippen LogP contribution in [0.5, 0.6) is 0 Å². The fourth-order valence-electron chi connectivity index (χ4n) is 2.06. The first-order valence-corrected chi connectivity index (χ1v) is 8.34. The molecule has 0 aliphatic rings. The highest BCUT2D eigenvalue weighted by atomic mass is 35.5. The first kappa shape index (κ1) is 18.3. The van der Waals surface area contributed by atoms with E-state index in [1.54, 1.807) is 36.4 Å². The van der Waals surface area contributed by atoms with Crippen LogP contribution in [0.2, 0.25) is 10.0 Å². The minimum Gasteiger partial charge on any atom is -0.350 e. The molecule has 2 aromatic rings. The Balaban J connectivity index is 2.23. The number of hydrogen-bond acceptors (Lipinski definition) is 2. The summed E-state index contributed by atoms with van der Waals surface area (Å²) in [6.45, 7) is 3.91. The molecule has 24 heavy (non-hydrogen) atoms. The quantitative estimate of drug-likeness (QED) is 0.802. The summed E-state index contributed by atoms with van der Waals surface area (Å²) in [5, 5.41) is 6.32. The monoisotopic (exact) mass is 364 g/mol. The molecule has 2 amide bonds. The van der Waals surface area contributed by atoms with E-state index in [-0.39, 0.29) is 17.0 Å². The van der Waals surface area contributed by atoms with E-state index in [1.165, 1.54) is 6.07 Å². The number of amides is 2. The van der Waals surface area contributed by atoms with Crippen LogP contribution in [0.15, 0.2) is 42.5 Å². The van der Waals surface area contributed by atoms with Gasteiger partial charge in [-0.25, -0.2) is 0 Å². The van der Waals surface area contributed by atoms with E-state index < -0.39 is 5.91 Å². The van der Waals surface area contributed by atoms with Gasteiger partial charge in [0.2, 0.25) is 0 Å². The summed E-state index contributed by atoms with van der Waals surface area (Å²) < 4.78 is 0. The Morgan fingerprint density at radius 3 is 2.42 bits per heavy atom. The highest BCUT2D eigenvalue weighted by Crippen LogP contribution is 2.23. The van der Waals surface area contributed by atoms with Gasteiger partial charge in [0.15, 0.2) is 0 Å². The predicted octanol–water partition coefficient (Wildman–Crippen LogP) is 4.77. The highest BCUT2D eigenvalue weighted by molar-refractivity contribution is 6.37. The normalized spacial score (nSPS) is 11.7. The molecule has 1 unspecified atom stereocenters. The van der Waals surface area contributed by atoms with Gasteiger partial charge in [0.05, 0.1) is 21.8 Å². The van der Waals surface area contributed by atoms with Crippen LogP contribution < -0.4 is 10.6 Å². The van der Waals surface area contributed by atoms with Gasteiger partial charge in [-0.3, -0.25) is 9.59 Å². The summed E-state index contributed by atoms with van der Waals surface area (Å²) in [6.07, 6.45) is 0.820. The van der Waals surface area contributed by atoms with Crippen molar-refractivity contribution < 1.29 is 9.59 Å². The molecule has 0 heterocycles. The lowest BCUT2D eigenvalue weighted by Crippen LogP contribution is -2.32. The molecule has 0 aliphatic heterocycles. The zero-order chi connectivity index (χ0) is 17.7. The first-order chi connectivity index (χ1) is 11.4. The van der Waals surface area contributed by atoms with Gasteiger partial charge in [-0.05, 0) is 43.7 Å². The zero-order valence-electron chi connectivity index (χ0n) is 13.4. The maximum Gasteiger partial charge on any atom is 0.257 e. The number of carbonyl (C=O) groups is 2. The van der Waals surface area contributed by atoms with E-state index in [2.05, 4.69) is 10.6 Å². The SMILES string of the molecule is CCC(C)NC(=O)c1ccccc1NC(=O)c1ccc(Cl)cc1Cl. The second-order valence-electron chi connectivity index (χ2n) is 5.41. The summed E-state index contributed by atoms with van der Waals surface area (Å²) in [7, 11) is 0. The molecular weight excluding hydrogens is 347 g/mol. The van der Waals surface area contributed by atoms with E-state index in [1.807, 2.05) is 13.8 Å². The summed E-state index contributed by atoms with van der Waals surface area (Å²) in [6, 6.07) is 11.5. The summed E-state index contributed by atoms with van der Waals surface area (Å²) in [4.78, 5) is 24.8. The van der Waals surface area contributed by atoms with Crippen LogP contribution in [0.4, 0.5) is 5.69 Å². The van der Waals surface area contributed by atoms with Crippen LogP contribution in [0.1, 0.15) is 41.0 Å². The molecule has 6 heteroatoms. The fraction of sp³-hybridized carbons (Fsp3) is 0.222. The fourth-order valence-corrected chi connectivity index (χ4v) is 2.55. The Kier molecular flexibility index (Phi) is 6.23. The molecule has 2 N–H and O–H groups in total. The largest absolute Gasteiger partial charge is 0.350 e. The van der Waals surface area contributed by atoms with Crippen molar-refractivity contribution in [3.05, 3.63) is 63.6 Å². The number of rotatable bonds is 5. The summed E-state index contributed by atoms with van der Waals surface area (Å²) >= 11 is 11.9. The predicted molar refractivity (Wildman–Crippen MR) is 98.1 cm³/mol.